The molecule has 1 saturated heterocycles. The smallest absolute Gasteiger partial charge is 0.306 e. The Morgan fingerprint density at radius 1 is 1.09 bits per heavy atom. The first-order valence-corrected chi connectivity index (χ1v) is 11.9. The summed E-state index contributed by atoms with van der Waals surface area (Å²) in [6.45, 7) is 6.68. The van der Waals surface area contributed by atoms with Gasteiger partial charge in [0.25, 0.3) is 0 Å². The number of esters is 1. The van der Waals surface area contributed by atoms with Crippen LogP contribution in [-0.2, 0) is 14.3 Å². The second-order valence-electron chi connectivity index (χ2n) is 9.34. The fourth-order valence-corrected chi connectivity index (χ4v) is 5.09. The minimum absolute atomic E-state index is 0.0582. The first-order valence-electron chi connectivity index (χ1n) is 11.9. The summed E-state index contributed by atoms with van der Waals surface area (Å²) < 4.78 is 5.08. The van der Waals surface area contributed by atoms with E-state index in [-0.39, 0.29) is 11.8 Å². The number of aromatic nitrogens is 2. The summed E-state index contributed by atoms with van der Waals surface area (Å²) in [6, 6.07) is 6.66. The number of nitrogens with one attached hydrogen (secondary N) is 1. The zero-order valence-corrected chi connectivity index (χ0v) is 19.2. The molecule has 2 aliphatic rings. The summed E-state index contributed by atoms with van der Waals surface area (Å²) in [5, 5.41) is 4.17. The molecule has 1 aromatic carbocycles. The normalized spacial score (nSPS) is 21.8. The second-order valence-corrected chi connectivity index (χ2v) is 9.34. The molecule has 2 aromatic rings. The van der Waals surface area contributed by atoms with Crippen LogP contribution in [0.3, 0.4) is 0 Å². The molecule has 4 rings (SSSR count). The van der Waals surface area contributed by atoms with Crippen LogP contribution in [0.2, 0.25) is 0 Å². The number of hydrogen-bond donors (Lipinski definition) is 1. The number of Topliss-reactive ketones (excluding diaryl/α,β-unsaturated/α-hetero) is 1. The maximum absolute atomic E-state index is 12.5. The molecular weight excluding hydrogens is 404 g/mol. The molecule has 2 fully saturated rings. The van der Waals surface area contributed by atoms with E-state index in [0.29, 0.717) is 43.9 Å². The predicted molar refractivity (Wildman–Crippen MR) is 124 cm³/mol. The Bertz CT molecular complexity index is 949. The zero-order chi connectivity index (χ0) is 22.5. The van der Waals surface area contributed by atoms with Crippen LogP contribution in [0.1, 0.15) is 51.0 Å². The highest BCUT2D eigenvalue weighted by Crippen LogP contribution is 2.34. The van der Waals surface area contributed by atoms with Crippen molar-refractivity contribution in [3.63, 3.8) is 0 Å². The summed E-state index contributed by atoms with van der Waals surface area (Å²) in [7, 11) is 0. The van der Waals surface area contributed by atoms with Gasteiger partial charge in [-0.05, 0) is 63.5 Å². The SMILES string of the molecule is CCOC(=O)CC1CCC(N2CC(CC(=O)CNc3ncnc4ccc(C)cc34)C2)CC1. The molecule has 0 bridgehead atoms. The Balaban J connectivity index is 1.17. The summed E-state index contributed by atoms with van der Waals surface area (Å²) in [6.07, 6.45) is 7.20. The number of ketones is 1. The summed E-state index contributed by atoms with van der Waals surface area (Å²) in [5.41, 5.74) is 2.03. The lowest BCUT2D eigenvalue weighted by Gasteiger charge is -2.46. The van der Waals surface area contributed by atoms with Crippen molar-refractivity contribution in [1.29, 1.82) is 0 Å². The topological polar surface area (TPSA) is 84.4 Å². The van der Waals surface area contributed by atoms with Gasteiger partial charge in [-0.3, -0.25) is 14.5 Å². The third kappa shape index (κ3) is 5.63. The third-order valence-electron chi connectivity index (χ3n) is 6.84. The monoisotopic (exact) mass is 438 g/mol. The van der Waals surface area contributed by atoms with Gasteiger partial charge in [-0.1, -0.05) is 11.6 Å². The largest absolute Gasteiger partial charge is 0.466 e. The van der Waals surface area contributed by atoms with Gasteiger partial charge >= 0.3 is 5.97 Å². The molecule has 7 heteroatoms. The third-order valence-corrected chi connectivity index (χ3v) is 6.84. The van der Waals surface area contributed by atoms with Crippen molar-refractivity contribution in [3.8, 4) is 0 Å². The maximum atomic E-state index is 12.5. The molecule has 7 nitrogen and oxygen atoms in total. The highest BCUT2D eigenvalue weighted by atomic mass is 16.5. The Hall–Kier alpha value is -2.54. The molecule has 172 valence electrons. The van der Waals surface area contributed by atoms with E-state index in [1.807, 2.05) is 32.0 Å². The fraction of sp³-hybridized carbons (Fsp3) is 0.600. The van der Waals surface area contributed by atoms with Crippen molar-refractivity contribution in [2.24, 2.45) is 11.8 Å². The van der Waals surface area contributed by atoms with Gasteiger partial charge in [-0.25, -0.2) is 9.97 Å². The highest BCUT2D eigenvalue weighted by molar-refractivity contribution is 5.91. The average Bonchev–Trinajstić information content (AvgIpc) is 2.75. The van der Waals surface area contributed by atoms with Crippen LogP contribution in [-0.4, -0.2) is 58.9 Å². The number of carbonyl (C=O) groups excluding carboxylic acids is 2. The van der Waals surface area contributed by atoms with Crippen LogP contribution in [0.5, 0.6) is 0 Å². The van der Waals surface area contributed by atoms with E-state index in [1.165, 1.54) is 6.33 Å². The number of rotatable bonds is 9. The van der Waals surface area contributed by atoms with Crippen molar-refractivity contribution in [2.75, 3.05) is 31.6 Å². The lowest BCUT2D eigenvalue weighted by atomic mass is 9.81. The number of fused-ring (bicyclic) bond motifs is 1. The Labute approximate surface area is 189 Å². The second kappa shape index (κ2) is 10.4. The number of carbonyl (C=O) groups is 2. The maximum Gasteiger partial charge on any atom is 0.306 e. The predicted octanol–water partition coefficient (Wildman–Crippen LogP) is 3.75. The number of likely N-dealkylation sites (tertiary alicyclic amines) is 1. The van der Waals surface area contributed by atoms with Crippen molar-refractivity contribution in [3.05, 3.63) is 30.1 Å². The van der Waals surface area contributed by atoms with Gasteiger partial charge in [0.1, 0.15) is 12.1 Å². The van der Waals surface area contributed by atoms with Crippen LogP contribution in [0.15, 0.2) is 24.5 Å². The summed E-state index contributed by atoms with van der Waals surface area (Å²) in [4.78, 5) is 35.4. The van der Waals surface area contributed by atoms with Crippen LogP contribution < -0.4 is 5.32 Å². The van der Waals surface area contributed by atoms with Gasteiger partial charge in [0, 0.05) is 37.4 Å². The van der Waals surface area contributed by atoms with Gasteiger partial charge in [-0.2, -0.15) is 0 Å². The molecule has 0 atom stereocenters. The van der Waals surface area contributed by atoms with Crippen LogP contribution >= 0.6 is 0 Å². The highest BCUT2D eigenvalue weighted by Gasteiger charge is 2.35. The minimum atomic E-state index is -0.0582. The fourth-order valence-electron chi connectivity index (χ4n) is 5.09. The molecular formula is C25H34N4O3. The molecule has 1 saturated carbocycles. The van der Waals surface area contributed by atoms with Gasteiger partial charge in [-0.15, -0.1) is 0 Å². The zero-order valence-electron chi connectivity index (χ0n) is 19.2. The quantitative estimate of drug-likeness (QED) is 0.597. The molecule has 0 spiro atoms. The van der Waals surface area contributed by atoms with E-state index in [1.54, 1.807) is 0 Å². The molecule has 2 heterocycles. The van der Waals surface area contributed by atoms with Crippen LogP contribution in [0, 0.1) is 18.8 Å². The molecule has 0 radical (unpaired) electrons. The van der Waals surface area contributed by atoms with Gasteiger partial charge in [0.05, 0.1) is 18.7 Å². The van der Waals surface area contributed by atoms with Crippen LogP contribution in [0.4, 0.5) is 5.82 Å². The summed E-state index contributed by atoms with van der Waals surface area (Å²) >= 11 is 0. The van der Waals surface area contributed by atoms with E-state index in [9.17, 15) is 9.59 Å². The number of anilines is 1. The molecule has 1 aliphatic heterocycles. The van der Waals surface area contributed by atoms with E-state index in [2.05, 4.69) is 20.2 Å². The van der Waals surface area contributed by atoms with E-state index >= 15 is 0 Å². The number of benzene rings is 1. The minimum Gasteiger partial charge on any atom is -0.466 e. The number of ether oxygens (including phenoxy) is 1. The molecule has 0 amide bonds. The van der Waals surface area contributed by atoms with E-state index < -0.39 is 0 Å². The standard InChI is InChI=1S/C25H34N4O3/c1-3-32-24(31)12-18-5-7-20(8-6-18)29-14-19(15-29)11-21(30)13-26-25-22-10-17(2)4-9-23(22)27-16-28-25/h4,9-10,16,18-20H,3,5-8,11-15H2,1-2H3,(H,26,27,28). The number of aryl methyl sites for hydroxylation is 1. The van der Waals surface area contributed by atoms with Gasteiger partial charge in [0.2, 0.25) is 0 Å². The van der Waals surface area contributed by atoms with Gasteiger partial charge in [0.15, 0.2) is 5.78 Å². The lowest BCUT2D eigenvalue weighted by Crippen LogP contribution is -2.53. The molecule has 1 aromatic heterocycles. The number of nitrogens with zero attached hydrogens (tertiary/aromatic N) is 3. The van der Waals surface area contributed by atoms with Crippen molar-refractivity contribution < 1.29 is 14.3 Å². The van der Waals surface area contributed by atoms with Crippen molar-refractivity contribution in [1.82, 2.24) is 14.9 Å². The van der Waals surface area contributed by atoms with Gasteiger partial charge < -0.3 is 10.1 Å². The molecule has 1 aliphatic carbocycles. The van der Waals surface area contributed by atoms with E-state index in [0.717, 1.165) is 61.1 Å². The molecule has 1 N–H and O–H groups in total. The number of hydrogen-bond acceptors (Lipinski definition) is 7. The average molecular weight is 439 g/mol. The summed E-state index contributed by atoms with van der Waals surface area (Å²) in [5.74, 6) is 1.81. The first kappa shape index (κ1) is 22.6. The lowest BCUT2D eigenvalue weighted by molar-refractivity contribution is -0.144. The first-order chi connectivity index (χ1) is 15.5. The molecule has 32 heavy (non-hydrogen) atoms. The molecule has 0 unspecified atom stereocenters. The van der Waals surface area contributed by atoms with Crippen LogP contribution in [0.25, 0.3) is 10.9 Å². The Morgan fingerprint density at radius 3 is 2.62 bits per heavy atom. The van der Waals surface area contributed by atoms with Crippen molar-refractivity contribution in [2.45, 2.75) is 58.4 Å². The Morgan fingerprint density at radius 2 is 1.88 bits per heavy atom. The van der Waals surface area contributed by atoms with E-state index in [4.69, 9.17) is 4.74 Å². The van der Waals surface area contributed by atoms with Crippen molar-refractivity contribution >= 4 is 28.5 Å². The Kier molecular flexibility index (Phi) is 7.35.